The van der Waals surface area contributed by atoms with Crippen molar-refractivity contribution in [3.8, 4) is 0 Å². The van der Waals surface area contributed by atoms with Gasteiger partial charge in [0.25, 0.3) is 5.91 Å². The van der Waals surface area contributed by atoms with Gasteiger partial charge in [0.2, 0.25) is 0 Å². The van der Waals surface area contributed by atoms with E-state index in [4.69, 9.17) is 4.43 Å². The third-order valence-corrected chi connectivity index (χ3v) is 9.62. The molecule has 5 heteroatoms. The fourth-order valence-electron chi connectivity index (χ4n) is 2.39. The standard InChI is InChI=1S/C21H30N2O2Si/c1-21(2,3)26(4,5)25-16-14-18(17-11-7-6-8-12-17)23-20(24)19-13-9-10-15-22-19/h6-13,15,18H,14,16H2,1-5H3,(H,23,24). The maximum Gasteiger partial charge on any atom is 0.270 e. The Kier molecular flexibility index (Phi) is 6.73. The van der Waals surface area contributed by atoms with Crippen molar-refractivity contribution in [2.45, 2.75) is 51.4 Å². The van der Waals surface area contributed by atoms with Crippen LogP contribution in [0.2, 0.25) is 18.1 Å². The van der Waals surface area contributed by atoms with E-state index in [1.54, 1.807) is 18.3 Å². The van der Waals surface area contributed by atoms with Gasteiger partial charge in [-0.05, 0) is 42.2 Å². The lowest BCUT2D eigenvalue weighted by Crippen LogP contribution is -2.41. The first-order chi connectivity index (χ1) is 12.2. The molecule has 1 amide bonds. The second-order valence-corrected chi connectivity index (χ2v) is 12.9. The Morgan fingerprint density at radius 3 is 2.35 bits per heavy atom. The predicted molar refractivity (Wildman–Crippen MR) is 109 cm³/mol. The highest BCUT2D eigenvalue weighted by molar-refractivity contribution is 6.74. The van der Waals surface area contributed by atoms with Crippen LogP contribution in [0.5, 0.6) is 0 Å². The van der Waals surface area contributed by atoms with Gasteiger partial charge in [0.05, 0.1) is 6.04 Å². The van der Waals surface area contributed by atoms with Crippen LogP contribution in [0.3, 0.4) is 0 Å². The van der Waals surface area contributed by atoms with Crippen molar-refractivity contribution >= 4 is 14.2 Å². The van der Waals surface area contributed by atoms with Gasteiger partial charge in [-0.3, -0.25) is 9.78 Å². The number of amides is 1. The molecule has 0 aliphatic carbocycles. The van der Waals surface area contributed by atoms with Crippen LogP contribution < -0.4 is 5.32 Å². The van der Waals surface area contributed by atoms with Crippen molar-refractivity contribution < 1.29 is 9.22 Å². The first-order valence-corrected chi connectivity index (χ1v) is 12.0. The van der Waals surface area contributed by atoms with Crippen molar-refractivity contribution in [2.75, 3.05) is 6.61 Å². The highest BCUT2D eigenvalue weighted by Crippen LogP contribution is 2.36. The number of pyridine rings is 1. The molecular formula is C21H30N2O2Si. The summed E-state index contributed by atoms with van der Waals surface area (Å²) in [4.78, 5) is 16.7. The third-order valence-electron chi connectivity index (χ3n) is 5.08. The molecule has 1 atom stereocenters. The summed E-state index contributed by atoms with van der Waals surface area (Å²) in [5.41, 5.74) is 1.51. The van der Waals surface area contributed by atoms with E-state index in [1.807, 2.05) is 36.4 Å². The number of nitrogens with one attached hydrogen (secondary N) is 1. The average Bonchev–Trinajstić information content (AvgIpc) is 2.61. The van der Waals surface area contributed by atoms with Crippen LogP contribution >= 0.6 is 0 Å². The summed E-state index contributed by atoms with van der Waals surface area (Å²) in [6, 6.07) is 15.3. The minimum Gasteiger partial charge on any atom is -0.417 e. The average molecular weight is 371 g/mol. The molecule has 0 saturated heterocycles. The van der Waals surface area contributed by atoms with Crippen LogP contribution in [0.25, 0.3) is 0 Å². The Hall–Kier alpha value is -1.98. The monoisotopic (exact) mass is 370 g/mol. The second-order valence-electron chi connectivity index (χ2n) is 8.05. The maximum atomic E-state index is 12.5. The van der Waals surface area contributed by atoms with E-state index < -0.39 is 8.32 Å². The summed E-state index contributed by atoms with van der Waals surface area (Å²) in [7, 11) is -1.80. The van der Waals surface area contributed by atoms with Crippen LogP contribution in [0, 0.1) is 0 Å². The normalized spacial score (nSPS) is 13.3. The van der Waals surface area contributed by atoms with Crippen molar-refractivity contribution in [3.05, 3.63) is 66.0 Å². The zero-order chi connectivity index (χ0) is 19.2. The Labute approximate surface area is 158 Å². The Bertz CT molecular complexity index is 697. The Balaban J connectivity index is 2.07. The van der Waals surface area contributed by atoms with E-state index >= 15 is 0 Å². The van der Waals surface area contributed by atoms with Crippen LogP contribution in [0.4, 0.5) is 0 Å². The number of carbonyl (C=O) groups excluding carboxylic acids is 1. The van der Waals surface area contributed by atoms with Crippen molar-refractivity contribution in [1.29, 1.82) is 0 Å². The molecule has 0 saturated carbocycles. The molecule has 4 nitrogen and oxygen atoms in total. The summed E-state index contributed by atoms with van der Waals surface area (Å²) in [5.74, 6) is -0.160. The van der Waals surface area contributed by atoms with E-state index in [2.05, 4.69) is 44.2 Å². The van der Waals surface area contributed by atoms with E-state index in [-0.39, 0.29) is 17.0 Å². The van der Waals surface area contributed by atoms with Gasteiger partial charge in [-0.25, -0.2) is 0 Å². The maximum absolute atomic E-state index is 12.5. The van der Waals surface area contributed by atoms with Gasteiger partial charge in [-0.15, -0.1) is 0 Å². The van der Waals surface area contributed by atoms with Gasteiger partial charge >= 0.3 is 0 Å². The van der Waals surface area contributed by atoms with E-state index in [1.165, 1.54) is 0 Å². The molecule has 140 valence electrons. The van der Waals surface area contributed by atoms with Gasteiger partial charge in [-0.1, -0.05) is 57.2 Å². The summed E-state index contributed by atoms with van der Waals surface area (Å²) in [6.07, 6.45) is 2.36. The highest BCUT2D eigenvalue weighted by Gasteiger charge is 2.37. The minimum absolute atomic E-state index is 0.101. The molecular weight excluding hydrogens is 340 g/mol. The van der Waals surface area contributed by atoms with E-state index in [9.17, 15) is 4.79 Å². The lowest BCUT2D eigenvalue weighted by atomic mass is 10.0. The van der Waals surface area contributed by atoms with Gasteiger partial charge < -0.3 is 9.74 Å². The molecule has 2 rings (SSSR count). The SMILES string of the molecule is CC(C)(C)[Si](C)(C)OCCC(NC(=O)c1ccccn1)c1ccccc1. The molecule has 1 N–H and O–H groups in total. The Morgan fingerprint density at radius 2 is 1.77 bits per heavy atom. The largest absolute Gasteiger partial charge is 0.417 e. The van der Waals surface area contributed by atoms with Crippen molar-refractivity contribution in [3.63, 3.8) is 0 Å². The summed E-state index contributed by atoms with van der Waals surface area (Å²) >= 11 is 0. The van der Waals surface area contributed by atoms with Gasteiger partial charge in [0.1, 0.15) is 5.69 Å². The number of benzene rings is 1. The molecule has 0 fully saturated rings. The van der Waals surface area contributed by atoms with E-state index in [0.717, 1.165) is 12.0 Å². The summed E-state index contributed by atoms with van der Waals surface area (Å²) in [6.45, 7) is 11.8. The van der Waals surface area contributed by atoms with E-state index in [0.29, 0.717) is 12.3 Å². The Morgan fingerprint density at radius 1 is 1.12 bits per heavy atom. The first-order valence-electron chi connectivity index (χ1n) is 9.11. The number of hydrogen-bond acceptors (Lipinski definition) is 3. The first kappa shape index (κ1) is 20.3. The van der Waals surface area contributed by atoms with Crippen molar-refractivity contribution in [1.82, 2.24) is 10.3 Å². The van der Waals surface area contributed by atoms with Gasteiger partial charge in [0.15, 0.2) is 8.32 Å². The number of hydrogen-bond donors (Lipinski definition) is 1. The molecule has 0 bridgehead atoms. The fraction of sp³-hybridized carbons (Fsp3) is 0.429. The number of carbonyl (C=O) groups is 1. The molecule has 0 radical (unpaired) electrons. The molecule has 1 heterocycles. The third kappa shape index (κ3) is 5.51. The highest BCUT2D eigenvalue weighted by atomic mass is 28.4. The molecule has 26 heavy (non-hydrogen) atoms. The second kappa shape index (κ2) is 8.60. The number of aromatic nitrogens is 1. The van der Waals surface area contributed by atoms with Crippen LogP contribution in [-0.4, -0.2) is 25.8 Å². The van der Waals surface area contributed by atoms with Crippen molar-refractivity contribution in [2.24, 2.45) is 0 Å². The van der Waals surface area contributed by atoms with Crippen LogP contribution in [0.1, 0.15) is 49.3 Å². The predicted octanol–water partition coefficient (Wildman–Crippen LogP) is 4.96. The van der Waals surface area contributed by atoms with Crippen LogP contribution in [-0.2, 0) is 4.43 Å². The fourth-order valence-corrected chi connectivity index (χ4v) is 3.45. The summed E-state index contributed by atoms with van der Waals surface area (Å²) < 4.78 is 6.31. The van der Waals surface area contributed by atoms with Gasteiger partial charge in [-0.2, -0.15) is 0 Å². The summed E-state index contributed by atoms with van der Waals surface area (Å²) in [5, 5.41) is 3.28. The molecule has 1 aromatic carbocycles. The zero-order valence-electron chi connectivity index (χ0n) is 16.5. The minimum atomic E-state index is -1.80. The quantitative estimate of drug-likeness (QED) is 0.701. The topological polar surface area (TPSA) is 51.2 Å². The molecule has 2 aromatic rings. The number of nitrogens with zero attached hydrogens (tertiary/aromatic N) is 1. The van der Waals surface area contributed by atoms with Crippen LogP contribution in [0.15, 0.2) is 54.7 Å². The smallest absolute Gasteiger partial charge is 0.270 e. The lowest BCUT2D eigenvalue weighted by Gasteiger charge is -2.36. The zero-order valence-corrected chi connectivity index (χ0v) is 17.5. The van der Waals surface area contributed by atoms with Gasteiger partial charge in [0, 0.05) is 12.8 Å². The molecule has 0 aliphatic rings. The number of rotatable bonds is 7. The molecule has 1 unspecified atom stereocenters. The molecule has 1 aromatic heterocycles. The lowest BCUT2D eigenvalue weighted by molar-refractivity contribution is 0.0925. The molecule has 0 aliphatic heterocycles. The molecule has 0 spiro atoms.